The van der Waals surface area contributed by atoms with Crippen LogP contribution in [0.1, 0.15) is 124 Å². The van der Waals surface area contributed by atoms with Crippen LogP contribution in [0.2, 0.25) is 0 Å². The number of allylic oxidation sites excluding steroid dienone is 20. The number of anilines is 1. The highest BCUT2D eigenvalue weighted by Crippen LogP contribution is 2.46. The van der Waals surface area contributed by atoms with E-state index >= 15 is 0 Å². The molecule has 6 aliphatic carbocycles. The predicted molar refractivity (Wildman–Crippen MR) is 347 cm³/mol. The third-order valence-corrected chi connectivity index (χ3v) is 18.6. The van der Waals surface area contributed by atoms with Gasteiger partial charge in [0.25, 0.3) is 0 Å². The molecule has 1 heteroatoms. The summed E-state index contributed by atoms with van der Waals surface area (Å²) in [5.41, 5.74) is 24.3. The van der Waals surface area contributed by atoms with Crippen LogP contribution in [0.25, 0.3) is 39.0 Å². The number of rotatable bonds is 16. The van der Waals surface area contributed by atoms with Gasteiger partial charge in [-0.25, -0.2) is 0 Å². The summed E-state index contributed by atoms with van der Waals surface area (Å²) >= 11 is 0. The lowest BCUT2D eigenvalue weighted by atomic mass is 9.71. The van der Waals surface area contributed by atoms with E-state index in [0.717, 1.165) is 44.9 Å². The second-order valence-corrected chi connectivity index (χ2v) is 24.5. The van der Waals surface area contributed by atoms with Crippen LogP contribution in [0.4, 0.5) is 5.69 Å². The minimum absolute atomic E-state index is 0.336. The molecule has 0 fully saturated rings. The summed E-state index contributed by atoms with van der Waals surface area (Å²) in [5, 5.41) is 0. The SMILES string of the molecule is Cc1ccc(-c2cc(C3=CCC(C)C=C3)cc(C3=CC=C(C(CC4C=CC(N(C5=CCC(C)C=C5)c5ccc(-c6ccccc6)cc5)=CC4)C4=CCC(C(CC5CC=C(c6ccccc6)CC5)c5ccc(C)cc5)C=C4)CC3)c2)cc1. The standard InChI is InChI=1S/C80H81N/c1-56-15-27-66(28-16-56)73-53-74(67-29-17-57(2)18-30-67)55-75(54-73)68-35-37-70(38-36-68)80(52-61-25-47-77(48-26-61)81(76-45-21-59(4)22-46-76)78-49-43-65(44-50-78)63-13-9-6-10-14-63)72-41-39-71(40-42-72)79(69-31-19-58(3)20-32-69)51-60-23-33-64(34-24-60)62-11-7-5-8-12-62/h5-17,19-21,25,27-33,35,37,39,41-50,53-55,57,59-61,71,79-80H,18,22-24,26,34,36,38,40,51-52H2,1-4H3. The molecule has 0 saturated carbocycles. The van der Waals surface area contributed by atoms with Gasteiger partial charge in [0.15, 0.2) is 0 Å². The molecule has 0 aromatic heterocycles. The normalized spacial score (nSPS) is 22.3. The maximum absolute atomic E-state index is 2.67. The third-order valence-electron chi connectivity index (χ3n) is 18.6. The van der Waals surface area contributed by atoms with Crippen molar-refractivity contribution in [3.05, 3.63) is 299 Å². The molecule has 6 aromatic rings. The van der Waals surface area contributed by atoms with E-state index in [-0.39, 0.29) is 0 Å². The van der Waals surface area contributed by atoms with Gasteiger partial charge in [-0.05, 0) is 229 Å². The first kappa shape index (κ1) is 53.9. The Balaban J connectivity index is 0.842. The molecule has 0 N–H and O–H groups in total. The van der Waals surface area contributed by atoms with Gasteiger partial charge >= 0.3 is 0 Å². The lowest BCUT2D eigenvalue weighted by Gasteiger charge is -2.34. The van der Waals surface area contributed by atoms with Crippen LogP contribution in [0.3, 0.4) is 0 Å². The average Bonchev–Trinajstić information content (AvgIpc) is 3.53. The number of hydrogen-bond acceptors (Lipinski definition) is 1. The largest absolute Gasteiger partial charge is 0.311 e. The maximum Gasteiger partial charge on any atom is 0.0461 e. The van der Waals surface area contributed by atoms with E-state index in [4.69, 9.17) is 0 Å². The molecular weight excluding hydrogens is 975 g/mol. The first-order valence-electron chi connectivity index (χ1n) is 30.7. The highest BCUT2D eigenvalue weighted by atomic mass is 15.2. The molecule has 7 atom stereocenters. The van der Waals surface area contributed by atoms with Crippen molar-refractivity contribution in [3.63, 3.8) is 0 Å². The van der Waals surface area contributed by atoms with Crippen LogP contribution in [0, 0.1) is 49.4 Å². The zero-order valence-electron chi connectivity index (χ0n) is 48.4. The number of benzene rings is 6. The van der Waals surface area contributed by atoms with E-state index < -0.39 is 0 Å². The van der Waals surface area contributed by atoms with Crippen LogP contribution in [-0.4, -0.2) is 0 Å². The van der Waals surface area contributed by atoms with Crippen molar-refractivity contribution in [2.24, 2.45) is 35.5 Å². The van der Waals surface area contributed by atoms with Gasteiger partial charge in [0, 0.05) is 23.0 Å². The Hall–Kier alpha value is -7.74. The zero-order chi connectivity index (χ0) is 55.1. The molecule has 1 nitrogen and oxygen atoms in total. The Morgan fingerprint density at radius 2 is 1.09 bits per heavy atom. The summed E-state index contributed by atoms with van der Waals surface area (Å²) < 4.78 is 0. The molecule has 6 aromatic carbocycles. The van der Waals surface area contributed by atoms with Gasteiger partial charge in [-0.15, -0.1) is 0 Å². The van der Waals surface area contributed by atoms with E-state index in [9.17, 15) is 0 Å². The molecule has 12 rings (SSSR count). The second kappa shape index (κ2) is 25.0. The maximum atomic E-state index is 2.67. The molecule has 0 heterocycles. The molecule has 0 aliphatic heterocycles. The molecule has 0 amide bonds. The van der Waals surface area contributed by atoms with Gasteiger partial charge in [-0.2, -0.15) is 0 Å². The summed E-state index contributed by atoms with van der Waals surface area (Å²) in [6.45, 7) is 9.03. The molecule has 81 heavy (non-hydrogen) atoms. The minimum Gasteiger partial charge on any atom is -0.311 e. The summed E-state index contributed by atoms with van der Waals surface area (Å²) in [5.74, 6) is 3.52. The second-order valence-electron chi connectivity index (χ2n) is 24.5. The van der Waals surface area contributed by atoms with E-state index in [1.54, 1.807) is 5.57 Å². The highest BCUT2D eigenvalue weighted by molar-refractivity contribution is 5.83. The topological polar surface area (TPSA) is 3.24 Å². The average molecular weight is 1060 g/mol. The molecule has 6 aliphatic rings. The van der Waals surface area contributed by atoms with Gasteiger partial charge in [0.05, 0.1) is 0 Å². The van der Waals surface area contributed by atoms with E-state index in [2.05, 4.69) is 275 Å². The van der Waals surface area contributed by atoms with E-state index in [0.29, 0.717) is 41.4 Å². The summed E-state index contributed by atoms with van der Waals surface area (Å²) in [6.07, 6.45) is 49.5. The molecule has 0 bridgehead atoms. The van der Waals surface area contributed by atoms with Crippen molar-refractivity contribution in [3.8, 4) is 22.3 Å². The Kier molecular flexibility index (Phi) is 16.6. The molecule has 0 spiro atoms. The Bertz CT molecular complexity index is 3540. The van der Waals surface area contributed by atoms with E-state index in [1.807, 2.05) is 0 Å². The zero-order valence-corrected chi connectivity index (χ0v) is 48.4. The van der Waals surface area contributed by atoms with Crippen molar-refractivity contribution in [1.29, 1.82) is 0 Å². The molecule has 406 valence electrons. The van der Waals surface area contributed by atoms with Crippen molar-refractivity contribution in [2.45, 2.75) is 104 Å². The lowest BCUT2D eigenvalue weighted by Crippen LogP contribution is -2.23. The lowest BCUT2D eigenvalue weighted by molar-refractivity contribution is 0.358. The summed E-state index contributed by atoms with van der Waals surface area (Å²) in [4.78, 5) is 2.49. The molecule has 0 saturated heterocycles. The molecule has 0 radical (unpaired) electrons. The third kappa shape index (κ3) is 12.9. The highest BCUT2D eigenvalue weighted by Gasteiger charge is 2.31. The first-order chi connectivity index (χ1) is 39.7. The Morgan fingerprint density at radius 3 is 1.70 bits per heavy atom. The van der Waals surface area contributed by atoms with Gasteiger partial charge < -0.3 is 4.90 Å². The van der Waals surface area contributed by atoms with Crippen LogP contribution in [-0.2, 0) is 0 Å². The smallest absolute Gasteiger partial charge is 0.0461 e. The van der Waals surface area contributed by atoms with Crippen molar-refractivity contribution < 1.29 is 0 Å². The van der Waals surface area contributed by atoms with E-state index in [1.165, 1.54) is 121 Å². The fraction of sp³-hybridized carbons (Fsp3) is 0.275. The van der Waals surface area contributed by atoms with Crippen LogP contribution in [0.5, 0.6) is 0 Å². The summed E-state index contributed by atoms with van der Waals surface area (Å²) in [7, 11) is 0. The van der Waals surface area contributed by atoms with Gasteiger partial charge in [-0.1, -0.05) is 231 Å². The fourth-order valence-corrected chi connectivity index (χ4v) is 13.5. The summed E-state index contributed by atoms with van der Waals surface area (Å²) in [6, 6.07) is 56.9. The Labute approximate surface area is 485 Å². The number of nitrogens with zero attached hydrogens (tertiary/aromatic N) is 1. The first-order valence-corrected chi connectivity index (χ1v) is 30.7. The number of hydrogen-bond donors (Lipinski definition) is 0. The van der Waals surface area contributed by atoms with Crippen LogP contribution < -0.4 is 4.90 Å². The minimum atomic E-state index is 0.336. The molecule has 7 unspecified atom stereocenters. The quantitative estimate of drug-likeness (QED) is 0.0934. The Morgan fingerprint density at radius 1 is 0.457 bits per heavy atom. The van der Waals surface area contributed by atoms with Crippen molar-refractivity contribution >= 4 is 22.4 Å². The van der Waals surface area contributed by atoms with Crippen LogP contribution >= 0.6 is 0 Å². The van der Waals surface area contributed by atoms with Crippen molar-refractivity contribution in [2.75, 3.05) is 4.90 Å². The predicted octanol–water partition coefficient (Wildman–Crippen LogP) is 21.7. The fourth-order valence-electron chi connectivity index (χ4n) is 13.5. The van der Waals surface area contributed by atoms with Gasteiger partial charge in [0.2, 0.25) is 0 Å². The number of aryl methyl sites for hydroxylation is 2. The van der Waals surface area contributed by atoms with Gasteiger partial charge in [-0.3, -0.25) is 0 Å². The van der Waals surface area contributed by atoms with Crippen molar-refractivity contribution in [1.82, 2.24) is 0 Å². The monoisotopic (exact) mass is 1060 g/mol. The molecular formula is C80H81N. The van der Waals surface area contributed by atoms with Crippen LogP contribution in [0.15, 0.2) is 265 Å². The van der Waals surface area contributed by atoms with Gasteiger partial charge in [0.1, 0.15) is 0 Å².